The van der Waals surface area contributed by atoms with Crippen LogP contribution in [0, 0.1) is 5.82 Å². The highest BCUT2D eigenvalue weighted by molar-refractivity contribution is 5.83. The van der Waals surface area contributed by atoms with Crippen LogP contribution in [-0.2, 0) is 14.3 Å². The van der Waals surface area contributed by atoms with Crippen molar-refractivity contribution in [1.29, 1.82) is 0 Å². The summed E-state index contributed by atoms with van der Waals surface area (Å²) in [6.07, 6.45) is 0. The Morgan fingerprint density at radius 1 is 1.33 bits per heavy atom. The molecule has 1 saturated heterocycles. The van der Waals surface area contributed by atoms with E-state index in [1.165, 1.54) is 12.1 Å². The minimum Gasteiger partial charge on any atom is -0.383 e. The second-order valence-electron chi connectivity index (χ2n) is 5.64. The first-order valence-corrected chi connectivity index (χ1v) is 8.27. The van der Waals surface area contributed by atoms with Crippen LogP contribution in [0.1, 0.15) is 11.6 Å². The van der Waals surface area contributed by atoms with Crippen molar-refractivity contribution in [2.24, 2.45) is 0 Å². The summed E-state index contributed by atoms with van der Waals surface area (Å²) in [4.78, 5) is 14.7. The van der Waals surface area contributed by atoms with Crippen molar-refractivity contribution in [2.75, 3.05) is 59.7 Å². The van der Waals surface area contributed by atoms with Gasteiger partial charge in [0.1, 0.15) is 11.9 Å². The molecule has 2 rings (SSSR count). The maximum absolute atomic E-state index is 13.6. The molecule has 0 bridgehead atoms. The summed E-state index contributed by atoms with van der Waals surface area (Å²) < 4.78 is 23.9. The molecule has 0 aliphatic carbocycles. The van der Waals surface area contributed by atoms with E-state index in [0.29, 0.717) is 51.6 Å². The molecule has 0 aromatic heterocycles. The fourth-order valence-electron chi connectivity index (χ4n) is 2.71. The first-order chi connectivity index (χ1) is 11.7. The van der Waals surface area contributed by atoms with Crippen molar-refractivity contribution in [3.05, 3.63) is 35.6 Å². The van der Waals surface area contributed by atoms with E-state index in [1.54, 1.807) is 19.2 Å². The SMILES string of the molecule is COCCNCCNC(=O)C(c1cccc(F)c1)N1CCOCC1. The number of hydrogen-bond donors (Lipinski definition) is 2. The fraction of sp³-hybridized carbons (Fsp3) is 0.588. The van der Waals surface area contributed by atoms with Crippen molar-refractivity contribution >= 4 is 5.91 Å². The number of hydrogen-bond acceptors (Lipinski definition) is 5. The third kappa shape index (κ3) is 5.83. The molecule has 1 atom stereocenters. The predicted octanol–water partition coefficient (Wildman–Crippen LogP) is 0.551. The van der Waals surface area contributed by atoms with Gasteiger partial charge in [-0.05, 0) is 17.7 Å². The van der Waals surface area contributed by atoms with Crippen LogP contribution in [0.2, 0.25) is 0 Å². The van der Waals surface area contributed by atoms with Gasteiger partial charge in [-0.1, -0.05) is 12.1 Å². The molecule has 2 N–H and O–H groups in total. The lowest BCUT2D eigenvalue weighted by Gasteiger charge is -2.33. The lowest BCUT2D eigenvalue weighted by Crippen LogP contribution is -2.46. The van der Waals surface area contributed by atoms with E-state index < -0.39 is 6.04 Å². The topological polar surface area (TPSA) is 62.8 Å². The number of rotatable bonds is 9. The number of morpholine rings is 1. The fourth-order valence-corrected chi connectivity index (χ4v) is 2.71. The van der Waals surface area contributed by atoms with Gasteiger partial charge in [0.25, 0.3) is 0 Å². The third-order valence-electron chi connectivity index (χ3n) is 3.91. The van der Waals surface area contributed by atoms with Crippen LogP contribution in [0.3, 0.4) is 0 Å². The number of amides is 1. The Balaban J connectivity index is 1.95. The second kappa shape index (κ2) is 10.4. The molecular weight excluding hydrogens is 313 g/mol. The zero-order chi connectivity index (χ0) is 17.2. The van der Waals surface area contributed by atoms with E-state index in [2.05, 4.69) is 10.6 Å². The van der Waals surface area contributed by atoms with Gasteiger partial charge in [0.2, 0.25) is 5.91 Å². The molecule has 6 nitrogen and oxygen atoms in total. The molecule has 24 heavy (non-hydrogen) atoms. The summed E-state index contributed by atoms with van der Waals surface area (Å²) in [5.41, 5.74) is 0.668. The smallest absolute Gasteiger partial charge is 0.242 e. The van der Waals surface area contributed by atoms with Crippen LogP contribution >= 0.6 is 0 Å². The van der Waals surface area contributed by atoms with Crippen LogP contribution in [0.15, 0.2) is 24.3 Å². The van der Waals surface area contributed by atoms with Gasteiger partial charge in [0, 0.05) is 39.8 Å². The number of ether oxygens (including phenoxy) is 2. The van der Waals surface area contributed by atoms with Crippen molar-refractivity contribution in [3.8, 4) is 0 Å². The molecule has 0 saturated carbocycles. The van der Waals surface area contributed by atoms with E-state index in [0.717, 1.165) is 6.54 Å². The average molecular weight is 339 g/mol. The summed E-state index contributed by atoms with van der Waals surface area (Å²) in [7, 11) is 1.65. The van der Waals surface area contributed by atoms with Crippen LogP contribution in [0.25, 0.3) is 0 Å². The van der Waals surface area contributed by atoms with Crippen molar-refractivity contribution in [2.45, 2.75) is 6.04 Å². The van der Waals surface area contributed by atoms with E-state index in [-0.39, 0.29) is 11.7 Å². The highest BCUT2D eigenvalue weighted by atomic mass is 19.1. The molecule has 7 heteroatoms. The van der Waals surface area contributed by atoms with E-state index >= 15 is 0 Å². The Morgan fingerprint density at radius 3 is 2.83 bits per heavy atom. The molecular formula is C17H26FN3O3. The summed E-state index contributed by atoms with van der Waals surface area (Å²) in [6, 6.07) is 5.74. The lowest BCUT2D eigenvalue weighted by atomic mass is 10.0. The standard InChI is InChI=1S/C17H26FN3O3/c1-23-10-7-19-5-6-20-17(22)16(21-8-11-24-12-9-21)14-3-2-4-15(18)13-14/h2-4,13,16,19H,5-12H2,1H3,(H,20,22). The van der Waals surface area contributed by atoms with E-state index in [9.17, 15) is 9.18 Å². The number of carbonyl (C=O) groups excluding carboxylic acids is 1. The second-order valence-corrected chi connectivity index (χ2v) is 5.64. The molecule has 134 valence electrons. The molecule has 1 unspecified atom stereocenters. The minimum atomic E-state index is -0.497. The van der Waals surface area contributed by atoms with Gasteiger partial charge in [-0.3, -0.25) is 9.69 Å². The van der Waals surface area contributed by atoms with Crippen LogP contribution < -0.4 is 10.6 Å². The zero-order valence-electron chi connectivity index (χ0n) is 14.1. The Bertz CT molecular complexity index is 510. The Labute approximate surface area is 142 Å². The Kier molecular flexibility index (Phi) is 8.11. The van der Waals surface area contributed by atoms with Gasteiger partial charge < -0.3 is 20.1 Å². The monoisotopic (exact) mass is 339 g/mol. The van der Waals surface area contributed by atoms with Gasteiger partial charge in [-0.15, -0.1) is 0 Å². The summed E-state index contributed by atoms with van der Waals surface area (Å²) in [5.74, 6) is -0.448. The highest BCUT2D eigenvalue weighted by Crippen LogP contribution is 2.22. The third-order valence-corrected chi connectivity index (χ3v) is 3.91. The van der Waals surface area contributed by atoms with Gasteiger partial charge in [-0.25, -0.2) is 4.39 Å². The largest absolute Gasteiger partial charge is 0.383 e. The van der Waals surface area contributed by atoms with Gasteiger partial charge in [0.05, 0.1) is 19.8 Å². The molecule has 1 aromatic carbocycles. The lowest BCUT2D eigenvalue weighted by molar-refractivity contribution is -0.128. The van der Waals surface area contributed by atoms with Gasteiger partial charge in [0.15, 0.2) is 0 Å². The summed E-state index contributed by atoms with van der Waals surface area (Å²) in [6.45, 7) is 5.01. The zero-order valence-corrected chi connectivity index (χ0v) is 14.1. The minimum absolute atomic E-state index is 0.115. The van der Waals surface area contributed by atoms with Crippen LogP contribution in [-0.4, -0.2) is 70.5 Å². The van der Waals surface area contributed by atoms with Gasteiger partial charge >= 0.3 is 0 Å². The first kappa shape index (κ1) is 18.8. The molecule has 1 aliphatic rings. The molecule has 1 aromatic rings. The van der Waals surface area contributed by atoms with Crippen molar-refractivity contribution in [1.82, 2.24) is 15.5 Å². The normalized spacial score (nSPS) is 16.8. The molecule has 1 amide bonds. The number of benzene rings is 1. The van der Waals surface area contributed by atoms with E-state index in [4.69, 9.17) is 9.47 Å². The maximum atomic E-state index is 13.6. The van der Waals surface area contributed by atoms with Crippen molar-refractivity contribution < 1.29 is 18.7 Å². The highest BCUT2D eigenvalue weighted by Gasteiger charge is 2.29. The first-order valence-electron chi connectivity index (χ1n) is 8.27. The number of carbonyl (C=O) groups is 1. The molecule has 0 spiro atoms. The van der Waals surface area contributed by atoms with Crippen molar-refractivity contribution in [3.63, 3.8) is 0 Å². The molecule has 1 aliphatic heterocycles. The maximum Gasteiger partial charge on any atom is 0.242 e. The summed E-state index contributed by atoms with van der Waals surface area (Å²) >= 11 is 0. The van der Waals surface area contributed by atoms with Crippen LogP contribution in [0.5, 0.6) is 0 Å². The van der Waals surface area contributed by atoms with Crippen LogP contribution in [0.4, 0.5) is 4.39 Å². The van der Waals surface area contributed by atoms with E-state index in [1.807, 2.05) is 4.90 Å². The number of methoxy groups -OCH3 is 1. The number of nitrogens with zero attached hydrogens (tertiary/aromatic N) is 1. The molecule has 0 radical (unpaired) electrons. The number of nitrogens with one attached hydrogen (secondary N) is 2. The Hall–Kier alpha value is -1.54. The average Bonchev–Trinajstić information content (AvgIpc) is 2.59. The van der Waals surface area contributed by atoms with Gasteiger partial charge in [-0.2, -0.15) is 0 Å². The predicted molar refractivity (Wildman–Crippen MR) is 89.3 cm³/mol. The number of halogens is 1. The molecule has 1 heterocycles. The quantitative estimate of drug-likeness (QED) is 0.644. The Morgan fingerprint density at radius 2 is 2.12 bits per heavy atom. The molecule has 1 fully saturated rings. The summed E-state index contributed by atoms with van der Waals surface area (Å²) in [5, 5.41) is 6.10.